The van der Waals surface area contributed by atoms with E-state index in [2.05, 4.69) is 32.5 Å². The highest BCUT2D eigenvalue weighted by molar-refractivity contribution is 9.06. The number of benzene rings is 1. The molecule has 2 heterocycles. The number of fused-ring (bicyclic) bond motifs is 1. The minimum atomic E-state index is -2.13. The molecule has 2 aliphatic heterocycles. The van der Waals surface area contributed by atoms with Gasteiger partial charge in [0.2, 0.25) is 5.78 Å². The maximum atomic E-state index is 12.6. The van der Waals surface area contributed by atoms with Crippen LogP contribution in [0.3, 0.4) is 0 Å². The van der Waals surface area contributed by atoms with E-state index in [1.54, 1.807) is 19.1 Å². The molecule has 1 aromatic carbocycles. The molecule has 9 nitrogen and oxygen atoms in total. The molecule has 0 saturated carbocycles. The monoisotopic (exact) mass is 538 g/mol. The van der Waals surface area contributed by atoms with Crippen molar-refractivity contribution in [3.8, 4) is 0 Å². The highest BCUT2D eigenvalue weighted by Gasteiger charge is 2.64. The van der Waals surface area contributed by atoms with Gasteiger partial charge in [0.05, 0.1) is 39.1 Å². The lowest BCUT2D eigenvalue weighted by molar-refractivity contribution is -0.364. The van der Waals surface area contributed by atoms with E-state index >= 15 is 0 Å². The molecule has 2 aliphatic rings. The van der Waals surface area contributed by atoms with Gasteiger partial charge in [0.15, 0.2) is 12.4 Å². The Balaban J connectivity index is 1.81. The number of ketones is 1. The average Bonchev–Trinajstić information content (AvgIpc) is 2.72. The van der Waals surface area contributed by atoms with Crippen LogP contribution in [-0.2, 0) is 42.7 Å². The van der Waals surface area contributed by atoms with Crippen molar-refractivity contribution >= 4 is 44.5 Å². The van der Waals surface area contributed by atoms with Gasteiger partial charge >= 0.3 is 11.9 Å². The van der Waals surface area contributed by atoms with E-state index in [-0.39, 0.29) is 13.2 Å². The van der Waals surface area contributed by atoms with Crippen molar-refractivity contribution in [3.05, 3.63) is 35.9 Å². The molecular formula is C18H20Br2O9. The fraction of sp³-hybridized carbons (Fsp3) is 0.556. The Morgan fingerprint density at radius 3 is 2.55 bits per heavy atom. The summed E-state index contributed by atoms with van der Waals surface area (Å²) in [5.74, 6) is -2.75. The van der Waals surface area contributed by atoms with E-state index in [4.69, 9.17) is 31.3 Å². The molecule has 0 N–H and O–H groups in total. The Morgan fingerprint density at radius 2 is 1.93 bits per heavy atom. The predicted molar refractivity (Wildman–Crippen MR) is 104 cm³/mol. The number of halogens is 2. The van der Waals surface area contributed by atoms with Crippen LogP contribution in [0.15, 0.2) is 30.3 Å². The van der Waals surface area contributed by atoms with Crippen LogP contribution in [0.25, 0.3) is 0 Å². The number of rotatable bonds is 6. The Bertz CT molecular complexity index is 719. The van der Waals surface area contributed by atoms with Crippen LogP contribution in [0.2, 0.25) is 0 Å². The summed E-state index contributed by atoms with van der Waals surface area (Å²) in [5, 5.41) is 0. The molecule has 160 valence electrons. The number of carbonyl (C=O) groups is 2. The summed E-state index contributed by atoms with van der Waals surface area (Å²) < 4.78 is 38.2. The number of hydrogen-bond donors (Lipinski definition) is 0. The zero-order valence-electron chi connectivity index (χ0n) is 15.6. The summed E-state index contributed by atoms with van der Waals surface area (Å²) in [7, 11) is 0. The maximum Gasteiger partial charge on any atom is 0.511 e. The zero-order chi connectivity index (χ0) is 21.0. The molecular weight excluding hydrogens is 520 g/mol. The third-order valence-corrected chi connectivity index (χ3v) is 5.49. The minimum absolute atomic E-state index is 0.0400. The second-order valence-electron chi connectivity index (χ2n) is 6.57. The molecule has 11 heteroatoms. The van der Waals surface area contributed by atoms with Crippen molar-refractivity contribution in [2.24, 2.45) is 0 Å². The molecule has 0 spiro atoms. The van der Waals surface area contributed by atoms with E-state index in [1.807, 2.05) is 18.2 Å². The van der Waals surface area contributed by atoms with Crippen LogP contribution in [0.1, 0.15) is 19.4 Å². The normalized spacial score (nSPS) is 34.1. The molecule has 1 unspecified atom stereocenters. The van der Waals surface area contributed by atoms with Crippen LogP contribution in [-0.4, -0.2) is 55.0 Å². The molecule has 0 radical (unpaired) electrons. The highest BCUT2D eigenvalue weighted by Crippen LogP contribution is 2.40. The van der Waals surface area contributed by atoms with Gasteiger partial charge in [-0.2, -0.15) is 0 Å². The van der Waals surface area contributed by atoms with E-state index < -0.39 is 48.4 Å². The van der Waals surface area contributed by atoms with Crippen LogP contribution >= 0.6 is 32.5 Å². The first-order valence-corrected chi connectivity index (χ1v) is 10.1. The third-order valence-electron chi connectivity index (χ3n) is 4.66. The number of hydrogen-bond acceptors (Lipinski definition) is 9. The molecule has 0 aromatic heterocycles. The Morgan fingerprint density at radius 1 is 1.21 bits per heavy atom. The van der Waals surface area contributed by atoms with Crippen molar-refractivity contribution in [2.45, 2.75) is 56.9 Å². The molecule has 2 fully saturated rings. The van der Waals surface area contributed by atoms with Gasteiger partial charge in [-0.1, -0.05) is 30.3 Å². The lowest BCUT2D eigenvalue weighted by Gasteiger charge is -2.50. The predicted octanol–water partition coefficient (Wildman–Crippen LogP) is 3.18. The Kier molecular flexibility index (Phi) is 7.65. The quantitative estimate of drug-likeness (QED) is 0.504. The maximum absolute atomic E-state index is 12.6. The topological polar surface area (TPSA) is 98.8 Å². The van der Waals surface area contributed by atoms with Gasteiger partial charge in [-0.25, -0.2) is 4.79 Å². The lowest BCUT2D eigenvalue weighted by atomic mass is 9.90. The number of carbonyl (C=O) groups excluding carboxylic acids is 2. The summed E-state index contributed by atoms with van der Waals surface area (Å²) >= 11 is 5.82. The second kappa shape index (κ2) is 9.82. The van der Waals surface area contributed by atoms with Crippen LogP contribution < -0.4 is 0 Å². The summed E-state index contributed by atoms with van der Waals surface area (Å²) in [6.07, 6.45) is -5.07. The SMILES string of the molecule is CC(=O)[C@@]1(OC(=O)OCc2ccccc2)O[C@@H]2COC(C)O[C@H]2[C@H](OBr)[C@H]1OBr. The molecule has 6 atom stereocenters. The van der Waals surface area contributed by atoms with Gasteiger partial charge in [-0.05, 0) is 12.5 Å². The van der Waals surface area contributed by atoms with Gasteiger partial charge in [0, 0.05) is 6.92 Å². The Hall–Kier alpha value is -1.08. The van der Waals surface area contributed by atoms with Crippen molar-refractivity contribution in [1.82, 2.24) is 0 Å². The van der Waals surface area contributed by atoms with E-state index in [0.717, 1.165) is 5.56 Å². The molecule has 2 saturated heterocycles. The van der Waals surface area contributed by atoms with Crippen molar-refractivity contribution in [3.63, 3.8) is 0 Å². The van der Waals surface area contributed by atoms with Gasteiger partial charge < -0.3 is 23.7 Å². The third kappa shape index (κ3) is 4.82. The summed E-state index contributed by atoms with van der Waals surface area (Å²) in [6, 6.07) is 9.02. The minimum Gasteiger partial charge on any atom is -0.429 e. The molecule has 0 aliphatic carbocycles. The number of Topliss-reactive ketones (excluding diaryl/α,β-unsaturated/α-hetero) is 1. The van der Waals surface area contributed by atoms with Crippen LogP contribution in [0.5, 0.6) is 0 Å². The zero-order valence-corrected chi connectivity index (χ0v) is 18.8. The molecule has 1 aromatic rings. The summed E-state index contributed by atoms with van der Waals surface area (Å²) in [6.45, 7) is 2.99. The fourth-order valence-corrected chi connectivity index (χ4v) is 4.13. The first-order valence-electron chi connectivity index (χ1n) is 8.81. The lowest BCUT2D eigenvalue weighted by Crippen LogP contribution is -2.71. The van der Waals surface area contributed by atoms with Gasteiger partial charge in [-0.3, -0.25) is 12.5 Å². The molecule has 29 heavy (non-hydrogen) atoms. The highest BCUT2D eigenvalue weighted by atomic mass is 79.9. The summed E-state index contributed by atoms with van der Waals surface area (Å²) in [4.78, 5) is 25.0. The molecule has 0 bridgehead atoms. The first-order chi connectivity index (χ1) is 13.9. The standard InChI is InChI=1S/C18H20Br2O9/c1-10(21)18(27-17(22)24-8-12-6-4-3-5-7-12)16(29-20)15(28-19)14-13(26-18)9-23-11(2)25-14/h3-7,11,13-16H,8-9H2,1-2H3/t11?,13-,14-,15+,16-,18+/m1/s1. The fourth-order valence-electron chi connectivity index (χ4n) is 3.26. The van der Waals surface area contributed by atoms with E-state index in [1.165, 1.54) is 6.92 Å². The average molecular weight is 540 g/mol. The van der Waals surface area contributed by atoms with Gasteiger partial charge in [-0.15, -0.1) is 0 Å². The van der Waals surface area contributed by atoms with Crippen molar-refractivity contribution in [1.29, 1.82) is 0 Å². The first kappa shape index (κ1) is 22.6. The van der Waals surface area contributed by atoms with Gasteiger partial charge in [0.1, 0.15) is 24.9 Å². The van der Waals surface area contributed by atoms with Gasteiger partial charge in [0.25, 0.3) is 0 Å². The largest absolute Gasteiger partial charge is 0.511 e. The smallest absolute Gasteiger partial charge is 0.429 e. The van der Waals surface area contributed by atoms with E-state index in [0.29, 0.717) is 0 Å². The van der Waals surface area contributed by atoms with Crippen molar-refractivity contribution < 1.29 is 40.9 Å². The second-order valence-corrected chi connectivity index (χ2v) is 7.32. The summed E-state index contributed by atoms with van der Waals surface area (Å²) in [5.41, 5.74) is 0.754. The van der Waals surface area contributed by atoms with Crippen molar-refractivity contribution in [2.75, 3.05) is 6.61 Å². The van der Waals surface area contributed by atoms with E-state index in [9.17, 15) is 9.59 Å². The molecule has 0 amide bonds. The van der Waals surface area contributed by atoms with Crippen LogP contribution in [0, 0.1) is 0 Å². The number of ether oxygens (including phenoxy) is 5. The molecule has 3 rings (SSSR count). The van der Waals surface area contributed by atoms with Crippen LogP contribution in [0.4, 0.5) is 4.79 Å². The Labute approximate surface area is 184 Å².